The number of carbonyl (C=O) groups excluding carboxylic acids is 3. The molecule has 3 N–H and O–H groups in total. The maximum Gasteiger partial charge on any atom is 0.269 e. The summed E-state index contributed by atoms with van der Waals surface area (Å²) in [4.78, 5) is 39.5. The molecule has 1 aromatic heterocycles. The molecule has 3 aromatic rings. The van der Waals surface area contributed by atoms with Crippen molar-refractivity contribution >= 4 is 40.2 Å². The van der Waals surface area contributed by atoms with Gasteiger partial charge in [0.1, 0.15) is 12.4 Å². The first-order chi connectivity index (χ1) is 17.1. The number of rotatable bonds is 8. The van der Waals surface area contributed by atoms with E-state index in [2.05, 4.69) is 16.3 Å². The van der Waals surface area contributed by atoms with Gasteiger partial charge in [-0.25, -0.2) is 4.39 Å². The fraction of sp³-hybridized carbons (Fsp3) is 0.308. The number of nitrogens with zero attached hydrogens (tertiary/aromatic N) is 3. The molecular formula is C26H25ClFN5O3. The van der Waals surface area contributed by atoms with E-state index in [9.17, 15) is 18.8 Å². The van der Waals surface area contributed by atoms with Gasteiger partial charge >= 0.3 is 0 Å². The largest absolute Gasteiger partial charge is 0.364 e. The van der Waals surface area contributed by atoms with Gasteiger partial charge in [0.05, 0.1) is 17.1 Å². The fourth-order valence-electron chi connectivity index (χ4n) is 4.48. The first kappa shape index (κ1) is 25.2. The smallest absolute Gasteiger partial charge is 0.269 e. The Labute approximate surface area is 212 Å². The van der Waals surface area contributed by atoms with Gasteiger partial charge in [-0.1, -0.05) is 41.9 Å². The summed E-state index contributed by atoms with van der Waals surface area (Å²) in [6, 6.07) is 11.2. The minimum Gasteiger partial charge on any atom is -0.364 e. The van der Waals surface area contributed by atoms with Crippen LogP contribution in [0.4, 0.5) is 4.39 Å². The Hall–Kier alpha value is -3.90. The van der Waals surface area contributed by atoms with Crippen LogP contribution in [-0.4, -0.2) is 45.0 Å². The molecule has 0 bridgehead atoms. The van der Waals surface area contributed by atoms with E-state index < -0.39 is 17.6 Å². The monoisotopic (exact) mass is 509 g/mol. The quantitative estimate of drug-likeness (QED) is 0.455. The Balaban J connectivity index is 1.52. The SMILES string of the molecule is C#CC1(C)CC(N(CC(=O)NCc2cccc(Cl)c2F)C(=O)Cn2nc(C(N)=O)c3ccccc32)C1. The van der Waals surface area contributed by atoms with Crippen molar-refractivity contribution < 1.29 is 18.8 Å². The second-order valence-electron chi connectivity index (χ2n) is 9.17. The number of benzene rings is 2. The van der Waals surface area contributed by atoms with Gasteiger partial charge in [0, 0.05) is 29.0 Å². The van der Waals surface area contributed by atoms with Crippen LogP contribution in [0.2, 0.25) is 5.02 Å². The average Bonchev–Trinajstić information content (AvgIpc) is 3.20. The van der Waals surface area contributed by atoms with Crippen molar-refractivity contribution in [1.82, 2.24) is 20.0 Å². The highest BCUT2D eigenvalue weighted by Crippen LogP contribution is 2.42. The zero-order valence-corrected chi connectivity index (χ0v) is 20.4. The van der Waals surface area contributed by atoms with Crippen LogP contribution in [0.25, 0.3) is 10.9 Å². The molecule has 1 saturated carbocycles. The number of para-hydroxylation sites is 1. The standard InChI is InChI=1S/C26H25ClFN5O3/c1-3-26(2)11-17(12-26)32(14-21(34)30-13-16-7-6-9-19(27)23(16)28)22(35)15-33-20-10-5-4-8-18(20)24(31-33)25(29)36/h1,4-10,17H,11-15H2,2H3,(H2,29,36)(H,30,34). The molecule has 1 aliphatic rings. The average molecular weight is 510 g/mol. The number of nitrogens with one attached hydrogen (secondary N) is 1. The Kier molecular flexibility index (Phi) is 7.00. The number of hydrogen-bond donors (Lipinski definition) is 2. The molecule has 186 valence electrons. The Morgan fingerprint density at radius 3 is 2.69 bits per heavy atom. The number of fused-ring (bicyclic) bond motifs is 1. The van der Waals surface area contributed by atoms with E-state index in [1.54, 1.807) is 30.3 Å². The number of primary amides is 1. The molecule has 36 heavy (non-hydrogen) atoms. The third-order valence-electron chi connectivity index (χ3n) is 6.48. The molecule has 1 fully saturated rings. The predicted octanol–water partition coefficient (Wildman–Crippen LogP) is 2.87. The lowest BCUT2D eigenvalue weighted by Gasteiger charge is -2.47. The van der Waals surface area contributed by atoms with Crippen molar-refractivity contribution in [1.29, 1.82) is 0 Å². The second-order valence-corrected chi connectivity index (χ2v) is 9.57. The Morgan fingerprint density at radius 1 is 1.28 bits per heavy atom. The van der Waals surface area contributed by atoms with Gasteiger partial charge in [0.2, 0.25) is 11.8 Å². The first-order valence-corrected chi connectivity index (χ1v) is 11.7. The minimum absolute atomic E-state index is 0.0385. The van der Waals surface area contributed by atoms with Gasteiger partial charge in [0.25, 0.3) is 5.91 Å². The lowest BCUT2D eigenvalue weighted by molar-refractivity contribution is -0.142. The number of halogens is 2. The van der Waals surface area contributed by atoms with Gasteiger partial charge in [0.15, 0.2) is 5.69 Å². The van der Waals surface area contributed by atoms with Crippen molar-refractivity contribution in [3.8, 4) is 12.3 Å². The summed E-state index contributed by atoms with van der Waals surface area (Å²) in [6.07, 6.45) is 6.71. The number of hydrogen-bond acceptors (Lipinski definition) is 4. The molecule has 3 amide bonds. The van der Waals surface area contributed by atoms with Crippen molar-refractivity contribution in [3.63, 3.8) is 0 Å². The van der Waals surface area contributed by atoms with Gasteiger partial charge in [-0.2, -0.15) is 5.10 Å². The number of terminal acetylenes is 1. The van der Waals surface area contributed by atoms with Gasteiger partial charge in [-0.15, -0.1) is 12.3 Å². The summed E-state index contributed by atoms with van der Waals surface area (Å²) in [7, 11) is 0. The van der Waals surface area contributed by atoms with E-state index in [-0.39, 0.29) is 53.3 Å². The normalized spacial score (nSPS) is 18.8. The highest BCUT2D eigenvalue weighted by Gasteiger charge is 2.44. The van der Waals surface area contributed by atoms with Crippen molar-refractivity contribution in [2.45, 2.75) is 38.9 Å². The summed E-state index contributed by atoms with van der Waals surface area (Å²) < 4.78 is 15.6. The van der Waals surface area contributed by atoms with Crippen LogP contribution in [0.1, 0.15) is 35.8 Å². The van der Waals surface area contributed by atoms with Crippen molar-refractivity contribution in [2.75, 3.05) is 6.54 Å². The second kappa shape index (κ2) is 9.99. The van der Waals surface area contributed by atoms with Crippen LogP contribution in [0.3, 0.4) is 0 Å². The Bertz CT molecular complexity index is 1390. The molecule has 1 heterocycles. The molecular weight excluding hydrogens is 485 g/mol. The lowest BCUT2D eigenvalue weighted by atomic mass is 9.67. The zero-order valence-electron chi connectivity index (χ0n) is 19.6. The summed E-state index contributed by atoms with van der Waals surface area (Å²) in [5, 5.41) is 7.38. The van der Waals surface area contributed by atoms with E-state index in [1.165, 1.54) is 21.7 Å². The zero-order chi connectivity index (χ0) is 26.0. The highest BCUT2D eigenvalue weighted by molar-refractivity contribution is 6.30. The molecule has 0 aliphatic heterocycles. The molecule has 0 radical (unpaired) electrons. The fourth-order valence-corrected chi connectivity index (χ4v) is 4.67. The third kappa shape index (κ3) is 5.04. The van der Waals surface area contributed by atoms with Crippen LogP contribution in [0.15, 0.2) is 42.5 Å². The van der Waals surface area contributed by atoms with Crippen LogP contribution in [-0.2, 0) is 22.7 Å². The van der Waals surface area contributed by atoms with Crippen LogP contribution >= 0.6 is 11.6 Å². The molecule has 2 aromatic carbocycles. The molecule has 0 spiro atoms. The van der Waals surface area contributed by atoms with Crippen molar-refractivity contribution in [2.24, 2.45) is 11.1 Å². The molecule has 4 rings (SSSR count). The maximum absolute atomic E-state index is 14.2. The van der Waals surface area contributed by atoms with Crippen molar-refractivity contribution in [3.05, 3.63) is 64.6 Å². The van der Waals surface area contributed by atoms with Gasteiger partial charge in [-0.3, -0.25) is 19.1 Å². The topological polar surface area (TPSA) is 110 Å². The molecule has 0 atom stereocenters. The lowest BCUT2D eigenvalue weighted by Crippen LogP contribution is -2.55. The van der Waals surface area contributed by atoms with E-state index in [1.807, 2.05) is 6.92 Å². The first-order valence-electron chi connectivity index (χ1n) is 11.3. The number of aromatic nitrogens is 2. The number of carbonyl (C=O) groups is 3. The number of amides is 3. The van der Waals surface area contributed by atoms with E-state index in [4.69, 9.17) is 23.8 Å². The molecule has 0 saturated heterocycles. The van der Waals surface area contributed by atoms with Crippen LogP contribution in [0, 0.1) is 23.6 Å². The van der Waals surface area contributed by atoms with E-state index in [0.29, 0.717) is 23.7 Å². The molecule has 1 aliphatic carbocycles. The molecule has 8 nitrogen and oxygen atoms in total. The third-order valence-corrected chi connectivity index (χ3v) is 6.77. The van der Waals surface area contributed by atoms with E-state index in [0.717, 1.165) is 0 Å². The summed E-state index contributed by atoms with van der Waals surface area (Å²) >= 11 is 5.81. The summed E-state index contributed by atoms with van der Waals surface area (Å²) in [5.41, 5.74) is 5.97. The Morgan fingerprint density at radius 2 is 2.00 bits per heavy atom. The van der Waals surface area contributed by atoms with Gasteiger partial charge in [-0.05, 0) is 31.9 Å². The summed E-state index contributed by atoms with van der Waals surface area (Å²) in [6.45, 7) is 1.40. The summed E-state index contributed by atoms with van der Waals surface area (Å²) in [5.74, 6) is 0.607. The van der Waals surface area contributed by atoms with Gasteiger partial charge < -0.3 is 16.0 Å². The molecule has 10 heteroatoms. The van der Waals surface area contributed by atoms with E-state index >= 15 is 0 Å². The van der Waals surface area contributed by atoms with Crippen LogP contribution in [0.5, 0.6) is 0 Å². The maximum atomic E-state index is 14.2. The predicted molar refractivity (Wildman–Crippen MR) is 133 cm³/mol. The highest BCUT2D eigenvalue weighted by atomic mass is 35.5. The van der Waals surface area contributed by atoms with Crippen LogP contribution < -0.4 is 11.1 Å². The minimum atomic E-state index is -0.703. The molecule has 0 unspecified atom stereocenters. The number of nitrogens with two attached hydrogens (primary N) is 1.